The molecule has 2 aromatic carbocycles. The average molecular weight is 499 g/mol. The van der Waals surface area contributed by atoms with Crippen molar-refractivity contribution in [3.05, 3.63) is 77.0 Å². The number of hydrogen-bond acceptors (Lipinski definition) is 5. The second-order valence-electron chi connectivity index (χ2n) is 8.14. The van der Waals surface area contributed by atoms with Gasteiger partial charge in [-0.25, -0.2) is 4.68 Å². The van der Waals surface area contributed by atoms with Crippen molar-refractivity contribution in [3.63, 3.8) is 0 Å². The van der Waals surface area contributed by atoms with Gasteiger partial charge in [-0.1, -0.05) is 31.2 Å². The van der Waals surface area contributed by atoms with Gasteiger partial charge in [-0.15, -0.1) is 0 Å². The molecule has 0 saturated heterocycles. The van der Waals surface area contributed by atoms with Crippen LogP contribution in [-0.2, 0) is 23.9 Å². The number of amides is 1. The summed E-state index contributed by atoms with van der Waals surface area (Å²) in [6.07, 6.45) is -3.84. The van der Waals surface area contributed by atoms with Crippen LogP contribution in [-0.4, -0.2) is 34.4 Å². The minimum absolute atomic E-state index is 0.000199. The Morgan fingerprint density at radius 3 is 2.33 bits per heavy atom. The van der Waals surface area contributed by atoms with Gasteiger partial charge >= 0.3 is 6.18 Å². The van der Waals surface area contributed by atoms with E-state index in [0.717, 1.165) is 23.6 Å². The summed E-state index contributed by atoms with van der Waals surface area (Å²) >= 11 is 0. The summed E-state index contributed by atoms with van der Waals surface area (Å²) in [5.74, 6) is -0.131. The minimum Gasteiger partial charge on any atom is -0.497 e. The van der Waals surface area contributed by atoms with E-state index in [1.807, 2.05) is 19.1 Å². The number of aryl methyl sites for hydroxylation is 2. The van der Waals surface area contributed by atoms with Crippen LogP contribution in [0.3, 0.4) is 0 Å². The normalized spacial score (nSPS) is 11.5. The predicted molar refractivity (Wildman–Crippen MR) is 128 cm³/mol. The summed E-state index contributed by atoms with van der Waals surface area (Å²) in [6.45, 7) is 3.25. The molecule has 0 aliphatic rings. The molecule has 0 saturated carbocycles. The molecule has 0 radical (unpaired) electrons. The van der Waals surface area contributed by atoms with Crippen molar-refractivity contribution in [2.24, 2.45) is 0 Å². The van der Waals surface area contributed by atoms with Gasteiger partial charge < -0.3 is 14.8 Å². The standard InChI is InChI=1S/C26H25F3N4O3/c1-4-17-5-9-19(10-6-17)33-25-24(16(2)32-33)21(26(27,28)29)13-23(31-25)36-15-22(34)30-14-18-7-11-20(35-3)12-8-18/h5-13H,4,14-15H2,1-3H3,(H,30,34). The number of nitrogens with zero attached hydrogens (tertiary/aromatic N) is 3. The molecule has 0 spiro atoms. The van der Waals surface area contributed by atoms with Crippen molar-refractivity contribution in [2.75, 3.05) is 13.7 Å². The van der Waals surface area contributed by atoms with Crippen LogP contribution in [0.2, 0.25) is 0 Å². The van der Waals surface area contributed by atoms with Crippen molar-refractivity contribution >= 4 is 16.9 Å². The highest BCUT2D eigenvalue weighted by atomic mass is 19.4. The van der Waals surface area contributed by atoms with Gasteiger partial charge in [-0.05, 0) is 48.7 Å². The smallest absolute Gasteiger partial charge is 0.417 e. The van der Waals surface area contributed by atoms with Crippen molar-refractivity contribution in [2.45, 2.75) is 33.0 Å². The van der Waals surface area contributed by atoms with E-state index < -0.39 is 24.3 Å². The van der Waals surface area contributed by atoms with E-state index >= 15 is 0 Å². The molecule has 0 atom stereocenters. The molecule has 36 heavy (non-hydrogen) atoms. The van der Waals surface area contributed by atoms with Crippen LogP contribution in [0.4, 0.5) is 13.2 Å². The Labute approximate surface area is 205 Å². The van der Waals surface area contributed by atoms with Gasteiger partial charge in [0.05, 0.1) is 29.4 Å². The van der Waals surface area contributed by atoms with Crippen LogP contribution < -0.4 is 14.8 Å². The third kappa shape index (κ3) is 5.42. The summed E-state index contributed by atoms with van der Waals surface area (Å²) in [5.41, 5.74) is 1.75. The van der Waals surface area contributed by atoms with Crippen LogP contribution in [0.15, 0.2) is 54.6 Å². The first-order valence-electron chi connectivity index (χ1n) is 11.3. The van der Waals surface area contributed by atoms with Gasteiger partial charge in [0.1, 0.15) is 5.75 Å². The molecule has 0 fully saturated rings. The molecule has 1 N–H and O–H groups in total. The quantitative estimate of drug-likeness (QED) is 0.369. The zero-order valence-electron chi connectivity index (χ0n) is 20.0. The zero-order valence-corrected chi connectivity index (χ0v) is 20.0. The first-order valence-corrected chi connectivity index (χ1v) is 11.3. The van der Waals surface area contributed by atoms with Crippen LogP contribution >= 0.6 is 0 Å². The molecule has 0 unspecified atom stereocenters. The van der Waals surface area contributed by atoms with Gasteiger partial charge in [0.2, 0.25) is 5.88 Å². The Bertz CT molecular complexity index is 1360. The molecule has 188 valence electrons. The number of hydrogen-bond donors (Lipinski definition) is 1. The number of pyridine rings is 1. The average Bonchev–Trinajstić information content (AvgIpc) is 3.21. The van der Waals surface area contributed by atoms with Gasteiger partial charge in [0.25, 0.3) is 5.91 Å². The number of methoxy groups -OCH3 is 1. The molecule has 4 rings (SSSR count). The number of carbonyl (C=O) groups is 1. The number of halogens is 3. The van der Waals surface area contributed by atoms with E-state index in [1.54, 1.807) is 43.5 Å². The summed E-state index contributed by atoms with van der Waals surface area (Å²) in [7, 11) is 1.56. The maximum Gasteiger partial charge on any atom is 0.417 e. The SMILES string of the molecule is CCc1ccc(-n2nc(C)c3c(C(F)(F)F)cc(OCC(=O)NCc4ccc(OC)cc4)nc32)cc1. The van der Waals surface area contributed by atoms with E-state index in [9.17, 15) is 18.0 Å². The van der Waals surface area contributed by atoms with Crippen molar-refractivity contribution < 1.29 is 27.4 Å². The van der Waals surface area contributed by atoms with E-state index in [0.29, 0.717) is 11.4 Å². The van der Waals surface area contributed by atoms with Gasteiger partial charge in [0.15, 0.2) is 12.3 Å². The fourth-order valence-electron chi connectivity index (χ4n) is 3.75. The molecular weight excluding hydrogens is 473 g/mol. The predicted octanol–water partition coefficient (Wildman–Crippen LogP) is 5.01. The monoisotopic (exact) mass is 498 g/mol. The van der Waals surface area contributed by atoms with Gasteiger partial charge in [-0.3, -0.25) is 4.79 Å². The fraction of sp³-hybridized carbons (Fsp3) is 0.269. The highest BCUT2D eigenvalue weighted by Gasteiger charge is 2.36. The number of aromatic nitrogens is 3. The lowest BCUT2D eigenvalue weighted by atomic mass is 10.1. The third-order valence-corrected chi connectivity index (χ3v) is 5.68. The number of rotatable bonds is 8. The molecule has 0 bridgehead atoms. The van der Waals surface area contributed by atoms with E-state index in [2.05, 4.69) is 15.4 Å². The van der Waals surface area contributed by atoms with Crippen molar-refractivity contribution in [1.82, 2.24) is 20.1 Å². The second kappa shape index (κ2) is 10.3. The van der Waals surface area contributed by atoms with Crippen LogP contribution in [0.5, 0.6) is 11.6 Å². The number of alkyl halides is 3. The maximum atomic E-state index is 13.9. The minimum atomic E-state index is -4.67. The Morgan fingerprint density at radius 1 is 1.06 bits per heavy atom. The Kier molecular flexibility index (Phi) is 7.14. The second-order valence-corrected chi connectivity index (χ2v) is 8.14. The molecule has 10 heteroatoms. The number of benzene rings is 2. The lowest BCUT2D eigenvalue weighted by Gasteiger charge is -2.12. The number of fused-ring (bicyclic) bond motifs is 1. The number of nitrogens with one attached hydrogen (secondary N) is 1. The van der Waals surface area contributed by atoms with Gasteiger partial charge in [-0.2, -0.15) is 23.3 Å². The molecule has 0 aliphatic heterocycles. The van der Waals surface area contributed by atoms with Crippen LogP contribution in [0, 0.1) is 6.92 Å². The Morgan fingerprint density at radius 2 is 1.72 bits per heavy atom. The molecule has 0 aliphatic carbocycles. The lowest BCUT2D eigenvalue weighted by Crippen LogP contribution is -2.28. The van der Waals surface area contributed by atoms with Crippen LogP contribution in [0.1, 0.15) is 29.3 Å². The molecule has 2 aromatic heterocycles. The molecular formula is C26H25F3N4O3. The molecule has 7 nitrogen and oxygen atoms in total. The Balaban J connectivity index is 1.58. The summed E-state index contributed by atoms with van der Waals surface area (Å²) in [4.78, 5) is 16.6. The van der Waals surface area contributed by atoms with E-state index in [1.165, 1.54) is 11.6 Å². The zero-order chi connectivity index (χ0) is 25.9. The van der Waals surface area contributed by atoms with E-state index in [-0.39, 0.29) is 29.2 Å². The summed E-state index contributed by atoms with van der Waals surface area (Å²) in [6, 6.07) is 15.2. The first kappa shape index (κ1) is 25.0. The summed E-state index contributed by atoms with van der Waals surface area (Å²) < 4.78 is 53.7. The lowest BCUT2D eigenvalue weighted by molar-refractivity contribution is -0.136. The van der Waals surface area contributed by atoms with Gasteiger partial charge in [0, 0.05) is 12.6 Å². The highest BCUT2D eigenvalue weighted by Crippen LogP contribution is 2.38. The van der Waals surface area contributed by atoms with Crippen molar-refractivity contribution in [3.8, 4) is 17.3 Å². The topological polar surface area (TPSA) is 78.3 Å². The number of ether oxygens (including phenoxy) is 2. The highest BCUT2D eigenvalue weighted by molar-refractivity contribution is 5.85. The first-order chi connectivity index (χ1) is 17.2. The van der Waals surface area contributed by atoms with Crippen LogP contribution in [0.25, 0.3) is 16.7 Å². The largest absolute Gasteiger partial charge is 0.497 e. The maximum absolute atomic E-state index is 13.9. The molecule has 1 amide bonds. The molecule has 4 aromatic rings. The third-order valence-electron chi connectivity index (χ3n) is 5.68. The molecule has 2 heterocycles. The van der Waals surface area contributed by atoms with Crippen molar-refractivity contribution in [1.29, 1.82) is 0 Å². The van der Waals surface area contributed by atoms with E-state index in [4.69, 9.17) is 9.47 Å². The fourth-order valence-corrected chi connectivity index (χ4v) is 3.75. The Hall–Kier alpha value is -4.08. The number of carbonyl (C=O) groups excluding carboxylic acids is 1. The summed E-state index contributed by atoms with van der Waals surface area (Å²) in [5, 5.41) is 6.87.